The van der Waals surface area contributed by atoms with Gasteiger partial charge in [0.05, 0.1) is 4.90 Å². The zero-order valence-electron chi connectivity index (χ0n) is 5.46. The maximum absolute atomic E-state index is 5.31. The minimum absolute atomic E-state index is 1.04. The topological polar surface area (TPSA) is 9.23 Å². The van der Waals surface area contributed by atoms with Crippen molar-refractivity contribution in [2.24, 2.45) is 0 Å². The standard InChI is InChI=1S/C7H6OS2/c1-5-3-2-4-6-7(5)8-10-9-6/h2-4H,1H3. The normalized spacial score (nSPS) is 14.5. The molecule has 0 atom stereocenters. The summed E-state index contributed by atoms with van der Waals surface area (Å²) in [4.78, 5) is 1.24. The molecule has 1 aliphatic heterocycles. The summed E-state index contributed by atoms with van der Waals surface area (Å²) in [5.74, 6) is 1.04. The second kappa shape index (κ2) is 2.40. The van der Waals surface area contributed by atoms with Crippen molar-refractivity contribution in [1.82, 2.24) is 0 Å². The van der Waals surface area contributed by atoms with Crippen LogP contribution in [0.4, 0.5) is 0 Å². The van der Waals surface area contributed by atoms with Gasteiger partial charge < -0.3 is 4.18 Å². The van der Waals surface area contributed by atoms with E-state index in [1.807, 2.05) is 0 Å². The van der Waals surface area contributed by atoms with E-state index in [0.29, 0.717) is 0 Å². The maximum atomic E-state index is 5.31. The Bertz CT molecular complexity index is 260. The lowest BCUT2D eigenvalue weighted by Gasteiger charge is -1.97. The third-order valence-electron chi connectivity index (χ3n) is 1.42. The number of hydrogen-bond donors (Lipinski definition) is 0. The predicted molar refractivity (Wildman–Crippen MR) is 45.3 cm³/mol. The van der Waals surface area contributed by atoms with E-state index in [1.165, 1.54) is 21.5 Å². The summed E-state index contributed by atoms with van der Waals surface area (Å²) in [6, 6.07) is 6.19. The smallest absolute Gasteiger partial charge is 0.156 e. The Labute approximate surface area is 67.8 Å². The van der Waals surface area contributed by atoms with E-state index in [1.54, 1.807) is 10.8 Å². The lowest BCUT2D eigenvalue weighted by Crippen LogP contribution is -1.78. The third kappa shape index (κ3) is 0.896. The van der Waals surface area contributed by atoms with Gasteiger partial charge in [-0.05, 0) is 29.3 Å². The molecule has 0 aliphatic carbocycles. The van der Waals surface area contributed by atoms with Crippen molar-refractivity contribution < 1.29 is 4.18 Å². The Morgan fingerprint density at radius 1 is 1.40 bits per heavy atom. The molecular weight excluding hydrogens is 164 g/mol. The SMILES string of the molecule is Cc1cccc2c1OSS2. The summed E-state index contributed by atoms with van der Waals surface area (Å²) in [6.07, 6.45) is 0. The molecule has 52 valence electrons. The van der Waals surface area contributed by atoms with E-state index in [-0.39, 0.29) is 0 Å². The molecule has 0 aromatic heterocycles. The second-order valence-electron chi connectivity index (χ2n) is 2.14. The number of para-hydroxylation sites is 1. The van der Waals surface area contributed by atoms with Crippen molar-refractivity contribution in [3.05, 3.63) is 23.8 Å². The van der Waals surface area contributed by atoms with Gasteiger partial charge in [-0.25, -0.2) is 0 Å². The van der Waals surface area contributed by atoms with Gasteiger partial charge in [-0.15, -0.1) is 0 Å². The molecule has 2 rings (SSSR count). The zero-order chi connectivity index (χ0) is 6.97. The van der Waals surface area contributed by atoms with Gasteiger partial charge in [0.25, 0.3) is 0 Å². The summed E-state index contributed by atoms with van der Waals surface area (Å²) in [5, 5.41) is 0. The molecule has 0 unspecified atom stereocenters. The quantitative estimate of drug-likeness (QED) is 0.437. The molecular formula is C7H6OS2. The first-order chi connectivity index (χ1) is 4.88. The van der Waals surface area contributed by atoms with Crippen LogP contribution in [0.3, 0.4) is 0 Å². The molecule has 0 bridgehead atoms. The Morgan fingerprint density at radius 2 is 2.30 bits per heavy atom. The monoisotopic (exact) mass is 170 g/mol. The van der Waals surface area contributed by atoms with Gasteiger partial charge >= 0.3 is 0 Å². The molecule has 1 nitrogen and oxygen atoms in total. The van der Waals surface area contributed by atoms with Gasteiger partial charge in [-0.2, -0.15) is 0 Å². The highest BCUT2D eigenvalue weighted by Gasteiger charge is 2.15. The summed E-state index contributed by atoms with van der Waals surface area (Å²) in [5.41, 5.74) is 1.22. The minimum atomic E-state index is 1.04. The summed E-state index contributed by atoms with van der Waals surface area (Å²) >= 11 is 1.43. The Morgan fingerprint density at radius 3 is 3.10 bits per heavy atom. The highest BCUT2D eigenvalue weighted by atomic mass is 33.1. The fraction of sp³-hybridized carbons (Fsp3) is 0.143. The van der Waals surface area contributed by atoms with Crippen LogP contribution in [0.15, 0.2) is 23.1 Å². The summed E-state index contributed by atoms with van der Waals surface area (Å²) < 4.78 is 5.31. The second-order valence-corrected chi connectivity index (χ2v) is 3.95. The molecule has 10 heavy (non-hydrogen) atoms. The van der Waals surface area contributed by atoms with Gasteiger partial charge in [0.15, 0.2) is 5.75 Å². The average Bonchev–Trinajstić information content (AvgIpc) is 2.36. The van der Waals surface area contributed by atoms with Gasteiger partial charge in [0, 0.05) is 0 Å². The predicted octanol–water partition coefficient (Wildman–Crippen LogP) is 3.04. The molecule has 0 fully saturated rings. The molecule has 0 saturated heterocycles. The Kier molecular flexibility index (Phi) is 1.54. The lowest BCUT2D eigenvalue weighted by atomic mass is 10.2. The zero-order valence-corrected chi connectivity index (χ0v) is 7.09. The third-order valence-corrected chi connectivity index (χ3v) is 3.17. The molecule has 1 aliphatic rings. The van der Waals surface area contributed by atoms with Crippen LogP contribution in [0.1, 0.15) is 5.56 Å². The van der Waals surface area contributed by atoms with E-state index in [9.17, 15) is 0 Å². The first-order valence-corrected chi connectivity index (χ1v) is 5.06. The van der Waals surface area contributed by atoms with E-state index in [2.05, 4.69) is 25.1 Å². The molecule has 0 spiro atoms. The minimum Gasteiger partial charge on any atom is -0.412 e. The fourth-order valence-electron chi connectivity index (χ4n) is 0.886. The molecule has 1 aromatic carbocycles. The van der Waals surface area contributed by atoms with Gasteiger partial charge in [-0.3, -0.25) is 0 Å². The van der Waals surface area contributed by atoms with Crippen molar-refractivity contribution in [2.45, 2.75) is 11.8 Å². The van der Waals surface area contributed by atoms with E-state index < -0.39 is 0 Å². The number of fused-ring (bicyclic) bond motifs is 1. The van der Waals surface area contributed by atoms with Gasteiger partial charge in [-0.1, -0.05) is 12.1 Å². The molecule has 3 heteroatoms. The Balaban J connectivity index is 2.59. The van der Waals surface area contributed by atoms with Crippen molar-refractivity contribution in [3.63, 3.8) is 0 Å². The highest BCUT2D eigenvalue weighted by molar-refractivity contribution is 8.75. The van der Waals surface area contributed by atoms with Crippen molar-refractivity contribution in [1.29, 1.82) is 0 Å². The van der Waals surface area contributed by atoms with E-state index >= 15 is 0 Å². The van der Waals surface area contributed by atoms with Crippen LogP contribution in [-0.4, -0.2) is 0 Å². The van der Waals surface area contributed by atoms with E-state index in [0.717, 1.165) is 5.75 Å². The van der Waals surface area contributed by atoms with Crippen LogP contribution >= 0.6 is 21.9 Å². The van der Waals surface area contributed by atoms with Crippen LogP contribution in [0, 0.1) is 6.92 Å². The number of benzene rings is 1. The molecule has 0 N–H and O–H groups in total. The van der Waals surface area contributed by atoms with Gasteiger partial charge in [0.1, 0.15) is 11.1 Å². The van der Waals surface area contributed by atoms with Crippen molar-refractivity contribution in [2.75, 3.05) is 0 Å². The molecule has 0 radical (unpaired) electrons. The molecule has 1 heterocycles. The van der Waals surface area contributed by atoms with Crippen LogP contribution < -0.4 is 4.18 Å². The average molecular weight is 170 g/mol. The van der Waals surface area contributed by atoms with Crippen molar-refractivity contribution in [3.8, 4) is 5.75 Å². The first-order valence-electron chi connectivity index (χ1n) is 2.99. The maximum Gasteiger partial charge on any atom is 0.156 e. The number of rotatable bonds is 0. The summed E-state index contributed by atoms with van der Waals surface area (Å²) in [7, 11) is 1.68. The van der Waals surface area contributed by atoms with E-state index in [4.69, 9.17) is 4.18 Å². The molecule has 1 aromatic rings. The molecule has 0 saturated carbocycles. The van der Waals surface area contributed by atoms with Crippen LogP contribution in [-0.2, 0) is 0 Å². The largest absolute Gasteiger partial charge is 0.412 e. The highest BCUT2D eigenvalue weighted by Crippen LogP contribution is 2.47. The van der Waals surface area contributed by atoms with Crippen molar-refractivity contribution >= 4 is 21.9 Å². The van der Waals surface area contributed by atoms with Crippen LogP contribution in [0.25, 0.3) is 0 Å². The van der Waals surface area contributed by atoms with Gasteiger partial charge in [0.2, 0.25) is 0 Å². The molecule has 0 amide bonds. The Hall–Kier alpha value is -0.280. The van der Waals surface area contributed by atoms with Crippen LogP contribution in [0.5, 0.6) is 5.75 Å². The number of aryl methyl sites for hydroxylation is 1. The number of hydrogen-bond acceptors (Lipinski definition) is 3. The summed E-state index contributed by atoms with van der Waals surface area (Å²) in [6.45, 7) is 2.06. The lowest BCUT2D eigenvalue weighted by molar-refractivity contribution is 0.639. The van der Waals surface area contributed by atoms with Crippen LogP contribution in [0.2, 0.25) is 0 Å². The fourth-order valence-corrected chi connectivity index (χ4v) is 2.67. The first kappa shape index (κ1) is 6.43.